The number of aliphatic hydroxyl groups excluding tert-OH is 1. The van der Waals surface area contributed by atoms with E-state index >= 15 is 0 Å². The Morgan fingerprint density at radius 2 is 2.27 bits per heavy atom. The van der Waals surface area contributed by atoms with Crippen LogP contribution < -0.4 is 0 Å². The Bertz CT molecular complexity index is 330. The Labute approximate surface area is 87.9 Å². The van der Waals surface area contributed by atoms with Crippen molar-refractivity contribution in [1.29, 1.82) is 0 Å². The number of phenolic OH excluding ortho intramolecular Hbond substituents is 1. The van der Waals surface area contributed by atoms with Crippen molar-refractivity contribution in [2.75, 3.05) is 13.1 Å². The van der Waals surface area contributed by atoms with Gasteiger partial charge in [0.15, 0.2) is 0 Å². The molecule has 0 amide bonds. The zero-order valence-electron chi connectivity index (χ0n) is 8.50. The monoisotopic (exact) mass is 210 g/mol. The Morgan fingerprint density at radius 1 is 1.53 bits per heavy atom. The first kappa shape index (κ1) is 11.5. The topological polar surface area (TPSA) is 73.1 Å². The highest BCUT2D eigenvalue weighted by atomic mass is 16.3. The van der Waals surface area contributed by atoms with Crippen LogP contribution in [0, 0.1) is 4.91 Å². The van der Waals surface area contributed by atoms with Gasteiger partial charge in [-0.2, -0.15) is 0 Å². The molecule has 0 bridgehead atoms. The number of rotatable bonds is 5. The summed E-state index contributed by atoms with van der Waals surface area (Å²) in [6.45, 7) is 2.35. The molecule has 0 heterocycles. The van der Waals surface area contributed by atoms with Gasteiger partial charge >= 0.3 is 0 Å². The van der Waals surface area contributed by atoms with Gasteiger partial charge in [-0.1, -0.05) is 12.1 Å². The van der Waals surface area contributed by atoms with E-state index in [0.29, 0.717) is 12.1 Å². The molecule has 15 heavy (non-hydrogen) atoms. The van der Waals surface area contributed by atoms with Crippen molar-refractivity contribution in [2.24, 2.45) is 5.29 Å². The Balaban J connectivity index is 2.67. The zero-order valence-corrected chi connectivity index (χ0v) is 8.50. The van der Waals surface area contributed by atoms with E-state index in [-0.39, 0.29) is 12.3 Å². The normalized spacial score (nSPS) is 12.1. The third-order valence-corrected chi connectivity index (χ3v) is 2.12. The molecular weight excluding hydrogens is 196 g/mol. The van der Waals surface area contributed by atoms with Gasteiger partial charge in [0.2, 0.25) is 0 Å². The summed E-state index contributed by atoms with van der Waals surface area (Å²) < 4.78 is 0. The fourth-order valence-corrected chi connectivity index (χ4v) is 1.26. The van der Waals surface area contributed by atoms with Gasteiger partial charge in [-0.25, -0.2) is 0 Å². The standard InChI is InChI=1S/C10H14N2O3/c1-2-12(11-15)7-10(14)8-4-3-5-9(13)6-8/h3-6,10,13-14H,2,7H2,1H3. The van der Waals surface area contributed by atoms with E-state index in [2.05, 4.69) is 5.29 Å². The molecule has 82 valence electrons. The van der Waals surface area contributed by atoms with E-state index < -0.39 is 6.10 Å². The van der Waals surface area contributed by atoms with Gasteiger partial charge in [-0.05, 0) is 24.6 Å². The molecule has 0 radical (unpaired) electrons. The highest BCUT2D eigenvalue weighted by molar-refractivity contribution is 5.28. The molecule has 1 rings (SSSR count). The van der Waals surface area contributed by atoms with Gasteiger partial charge in [0.25, 0.3) is 0 Å². The van der Waals surface area contributed by atoms with Crippen molar-refractivity contribution < 1.29 is 10.2 Å². The number of benzene rings is 1. The lowest BCUT2D eigenvalue weighted by Crippen LogP contribution is -2.22. The van der Waals surface area contributed by atoms with E-state index in [1.165, 1.54) is 17.1 Å². The number of likely N-dealkylation sites (N-methyl/N-ethyl adjacent to an activating group) is 1. The smallest absolute Gasteiger partial charge is 0.115 e. The number of aromatic hydroxyl groups is 1. The summed E-state index contributed by atoms with van der Waals surface area (Å²) in [6.07, 6.45) is -0.824. The van der Waals surface area contributed by atoms with Crippen molar-refractivity contribution >= 4 is 0 Å². The quantitative estimate of drug-likeness (QED) is 0.569. The molecule has 5 nitrogen and oxygen atoms in total. The van der Waals surface area contributed by atoms with Crippen LogP contribution in [0.3, 0.4) is 0 Å². The van der Waals surface area contributed by atoms with E-state index in [4.69, 9.17) is 0 Å². The maximum atomic E-state index is 10.3. The van der Waals surface area contributed by atoms with Crippen LogP contribution >= 0.6 is 0 Å². The van der Waals surface area contributed by atoms with E-state index in [1.807, 2.05) is 0 Å². The second-order valence-electron chi connectivity index (χ2n) is 3.20. The molecule has 0 spiro atoms. The van der Waals surface area contributed by atoms with Gasteiger partial charge in [0.05, 0.1) is 17.9 Å². The van der Waals surface area contributed by atoms with Crippen molar-refractivity contribution in [2.45, 2.75) is 13.0 Å². The number of phenols is 1. The van der Waals surface area contributed by atoms with Crippen LogP contribution in [0.15, 0.2) is 29.6 Å². The molecule has 0 aliphatic rings. The highest BCUT2D eigenvalue weighted by Gasteiger charge is 2.12. The summed E-state index contributed by atoms with van der Waals surface area (Å²) >= 11 is 0. The molecular formula is C10H14N2O3. The van der Waals surface area contributed by atoms with Crippen molar-refractivity contribution in [1.82, 2.24) is 5.01 Å². The van der Waals surface area contributed by atoms with Crippen LogP contribution in [-0.4, -0.2) is 28.3 Å². The molecule has 1 unspecified atom stereocenters. The van der Waals surface area contributed by atoms with Gasteiger partial charge < -0.3 is 10.2 Å². The summed E-state index contributed by atoms with van der Waals surface area (Å²) in [7, 11) is 0. The lowest BCUT2D eigenvalue weighted by molar-refractivity contribution is 0.117. The van der Waals surface area contributed by atoms with Crippen molar-refractivity contribution in [3.63, 3.8) is 0 Å². The van der Waals surface area contributed by atoms with E-state index in [0.717, 1.165) is 0 Å². The number of hydrogen-bond donors (Lipinski definition) is 2. The average Bonchev–Trinajstić information content (AvgIpc) is 2.25. The molecule has 2 N–H and O–H groups in total. The fourth-order valence-electron chi connectivity index (χ4n) is 1.26. The molecule has 0 aliphatic carbocycles. The first-order chi connectivity index (χ1) is 7.17. The van der Waals surface area contributed by atoms with Crippen LogP contribution in [0.2, 0.25) is 0 Å². The molecule has 0 saturated carbocycles. The lowest BCUT2D eigenvalue weighted by Gasteiger charge is -2.17. The predicted molar refractivity (Wildman–Crippen MR) is 56.1 cm³/mol. The molecule has 0 saturated heterocycles. The molecule has 0 aliphatic heterocycles. The largest absolute Gasteiger partial charge is 0.508 e. The van der Waals surface area contributed by atoms with Crippen LogP contribution in [-0.2, 0) is 0 Å². The van der Waals surface area contributed by atoms with Gasteiger partial charge in [0.1, 0.15) is 5.75 Å². The maximum Gasteiger partial charge on any atom is 0.115 e. The third-order valence-electron chi connectivity index (χ3n) is 2.12. The molecule has 1 aromatic rings. The van der Waals surface area contributed by atoms with Crippen molar-refractivity contribution in [3.8, 4) is 5.75 Å². The van der Waals surface area contributed by atoms with Crippen LogP contribution in [0.25, 0.3) is 0 Å². The van der Waals surface area contributed by atoms with Crippen LogP contribution in [0.1, 0.15) is 18.6 Å². The fraction of sp³-hybridized carbons (Fsp3) is 0.400. The highest BCUT2D eigenvalue weighted by Crippen LogP contribution is 2.18. The number of aliphatic hydroxyl groups is 1. The Kier molecular flexibility index (Phi) is 4.05. The number of hydrogen-bond acceptors (Lipinski definition) is 4. The SMILES string of the molecule is CCN(CC(O)c1cccc(O)c1)N=O. The molecule has 0 aromatic heterocycles. The van der Waals surface area contributed by atoms with Gasteiger partial charge in [0, 0.05) is 6.54 Å². The summed E-state index contributed by atoms with van der Waals surface area (Å²) in [5.41, 5.74) is 0.567. The molecule has 5 heteroatoms. The second-order valence-corrected chi connectivity index (χ2v) is 3.20. The summed E-state index contributed by atoms with van der Waals surface area (Å²) in [5, 5.41) is 22.9. The summed E-state index contributed by atoms with van der Waals surface area (Å²) in [6, 6.07) is 6.30. The lowest BCUT2D eigenvalue weighted by atomic mass is 10.1. The summed E-state index contributed by atoms with van der Waals surface area (Å²) in [5.74, 6) is 0.0914. The van der Waals surface area contributed by atoms with E-state index in [9.17, 15) is 15.1 Å². The minimum absolute atomic E-state index is 0.0914. The van der Waals surface area contributed by atoms with Gasteiger partial charge in [-0.3, -0.25) is 5.01 Å². The number of nitroso groups, excluding NO2 is 1. The van der Waals surface area contributed by atoms with Crippen LogP contribution in [0.4, 0.5) is 0 Å². The molecule has 1 atom stereocenters. The molecule has 0 fully saturated rings. The van der Waals surface area contributed by atoms with Crippen LogP contribution in [0.5, 0.6) is 5.75 Å². The number of nitrogens with zero attached hydrogens (tertiary/aromatic N) is 2. The first-order valence-electron chi connectivity index (χ1n) is 4.72. The third kappa shape index (κ3) is 3.21. The first-order valence-corrected chi connectivity index (χ1v) is 4.72. The second kappa shape index (κ2) is 5.31. The minimum Gasteiger partial charge on any atom is -0.508 e. The predicted octanol–water partition coefficient (Wildman–Crippen LogP) is 1.43. The molecule has 1 aromatic carbocycles. The van der Waals surface area contributed by atoms with Crippen molar-refractivity contribution in [3.05, 3.63) is 34.7 Å². The Morgan fingerprint density at radius 3 is 2.80 bits per heavy atom. The zero-order chi connectivity index (χ0) is 11.3. The summed E-state index contributed by atoms with van der Waals surface area (Å²) in [4.78, 5) is 10.3. The van der Waals surface area contributed by atoms with Gasteiger partial charge in [-0.15, -0.1) is 4.91 Å². The average molecular weight is 210 g/mol. The maximum absolute atomic E-state index is 10.3. The Hall–Kier alpha value is -1.62. The van der Waals surface area contributed by atoms with E-state index in [1.54, 1.807) is 19.1 Å². The minimum atomic E-state index is -0.824.